The lowest BCUT2D eigenvalue weighted by Crippen LogP contribution is -2.46. The lowest BCUT2D eigenvalue weighted by atomic mass is 10.1. The summed E-state index contributed by atoms with van der Waals surface area (Å²) in [5, 5.41) is 14.2. The van der Waals surface area contributed by atoms with E-state index in [1.165, 1.54) is 24.0 Å². The third-order valence-electron chi connectivity index (χ3n) is 6.31. The first-order valence-corrected chi connectivity index (χ1v) is 11.8. The fourth-order valence-electron chi connectivity index (χ4n) is 4.43. The fraction of sp³-hybridized carbons (Fsp3) is 0.346. The van der Waals surface area contributed by atoms with Crippen molar-refractivity contribution in [3.05, 3.63) is 47.2 Å². The van der Waals surface area contributed by atoms with Crippen molar-refractivity contribution >= 4 is 30.1 Å². The van der Waals surface area contributed by atoms with E-state index in [9.17, 15) is 24.3 Å². The maximum Gasteiger partial charge on any atom is 0.322 e. The summed E-state index contributed by atoms with van der Waals surface area (Å²) in [6.07, 6.45) is 1.05. The van der Waals surface area contributed by atoms with Crippen LogP contribution in [0.5, 0.6) is 11.5 Å². The Morgan fingerprint density at radius 2 is 2.08 bits per heavy atom. The summed E-state index contributed by atoms with van der Waals surface area (Å²) in [4.78, 5) is 55.7. The standard InChI is InChI=1S/C26H27N5O7/c1-37-19-6-3-16-12-30(25(35)20(16)11-19)13-17(28-26(36)27-15-33)4-7-21-22(38-2)8-9-23(29-21)31-18(14-32)5-10-24(31)34/h3,6,8-9,11,15,17-18,32H,5,10,12-14H2,1-2H3,(H2,27,28,33,36)/t17-,18-/m1/s1. The predicted molar refractivity (Wildman–Crippen MR) is 135 cm³/mol. The van der Waals surface area contributed by atoms with Crippen LogP contribution in [0, 0.1) is 11.8 Å². The molecule has 5 amide bonds. The Hall–Kier alpha value is -4.63. The number of aliphatic hydroxyl groups is 1. The van der Waals surface area contributed by atoms with Crippen LogP contribution in [0.15, 0.2) is 30.3 Å². The molecule has 0 aliphatic carbocycles. The Balaban J connectivity index is 1.61. The molecule has 3 N–H and O–H groups in total. The minimum atomic E-state index is -0.885. The minimum absolute atomic E-state index is 0.0221. The van der Waals surface area contributed by atoms with Gasteiger partial charge < -0.3 is 24.8 Å². The Morgan fingerprint density at radius 1 is 1.26 bits per heavy atom. The third-order valence-corrected chi connectivity index (χ3v) is 6.31. The molecule has 1 fully saturated rings. The van der Waals surface area contributed by atoms with E-state index < -0.39 is 12.1 Å². The number of nitrogens with zero attached hydrogens (tertiary/aromatic N) is 3. The van der Waals surface area contributed by atoms with Gasteiger partial charge in [0.05, 0.1) is 33.4 Å². The molecule has 0 radical (unpaired) electrons. The molecule has 2 aliphatic heterocycles. The molecule has 38 heavy (non-hydrogen) atoms. The zero-order valence-electron chi connectivity index (χ0n) is 20.9. The first kappa shape index (κ1) is 26.4. The number of carbonyl (C=O) groups is 4. The van der Waals surface area contributed by atoms with E-state index >= 15 is 0 Å². The van der Waals surface area contributed by atoms with Crippen LogP contribution in [0.4, 0.5) is 10.6 Å². The number of hydrogen-bond donors (Lipinski definition) is 3. The smallest absolute Gasteiger partial charge is 0.322 e. The fourth-order valence-corrected chi connectivity index (χ4v) is 4.43. The normalized spacial score (nSPS) is 16.9. The number of pyridine rings is 1. The second-order valence-corrected chi connectivity index (χ2v) is 8.63. The molecule has 1 aromatic heterocycles. The highest BCUT2D eigenvalue weighted by atomic mass is 16.5. The zero-order valence-corrected chi connectivity index (χ0v) is 20.9. The second kappa shape index (κ2) is 11.6. The van der Waals surface area contributed by atoms with Crippen molar-refractivity contribution in [2.75, 3.05) is 32.3 Å². The van der Waals surface area contributed by atoms with Crippen molar-refractivity contribution in [2.24, 2.45) is 0 Å². The Morgan fingerprint density at radius 3 is 2.79 bits per heavy atom. The molecule has 2 aliphatic rings. The maximum absolute atomic E-state index is 13.0. The molecule has 198 valence electrons. The van der Waals surface area contributed by atoms with Crippen LogP contribution in [0.1, 0.15) is 34.5 Å². The number of hydrogen-bond acceptors (Lipinski definition) is 8. The number of fused-ring (bicyclic) bond motifs is 1. The first-order valence-electron chi connectivity index (χ1n) is 11.8. The predicted octanol–water partition coefficient (Wildman–Crippen LogP) is 0.418. The molecule has 1 saturated heterocycles. The third kappa shape index (κ3) is 5.52. The van der Waals surface area contributed by atoms with Gasteiger partial charge in [0, 0.05) is 18.5 Å². The van der Waals surface area contributed by atoms with Gasteiger partial charge in [0.1, 0.15) is 17.6 Å². The van der Waals surface area contributed by atoms with E-state index in [0.717, 1.165) is 5.56 Å². The number of aromatic nitrogens is 1. The molecule has 0 bridgehead atoms. The molecule has 0 unspecified atom stereocenters. The summed E-state index contributed by atoms with van der Waals surface area (Å²) < 4.78 is 10.6. The summed E-state index contributed by atoms with van der Waals surface area (Å²) in [6.45, 7) is 0.134. The molecule has 2 aromatic rings. The highest BCUT2D eigenvalue weighted by Gasteiger charge is 2.33. The highest BCUT2D eigenvalue weighted by molar-refractivity contribution is 5.99. The van der Waals surface area contributed by atoms with Crippen molar-refractivity contribution in [3.8, 4) is 23.3 Å². The number of urea groups is 1. The summed E-state index contributed by atoms with van der Waals surface area (Å²) in [7, 11) is 2.96. The van der Waals surface area contributed by atoms with E-state index in [2.05, 4.69) is 22.1 Å². The Labute approximate surface area is 218 Å². The van der Waals surface area contributed by atoms with Crippen LogP contribution in [0.3, 0.4) is 0 Å². The van der Waals surface area contributed by atoms with E-state index in [0.29, 0.717) is 42.3 Å². The zero-order chi connectivity index (χ0) is 27.2. The summed E-state index contributed by atoms with van der Waals surface area (Å²) in [5.41, 5.74) is 1.51. The Bertz CT molecular complexity index is 1320. The van der Waals surface area contributed by atoms with Gasteiger partial charge in [-0.15, -0.1) is 0 Å². The van der Waals surface area contributed by atoms with Gasteiger partial charge in [0.25, 0.3) is 5.91 Å². The second-order valence-electron chi connectivity index (χ2n) is 8.63. The highest BCUT2D eigenvalue weighted by Crippen LogP contribution is 2.28. The number of ether oxygens (including phenoxy) is 2. The van der Waals surface area contributed by atoms with Gasteiger partial charge in [-0.1, -0.05) is 12.0 Å². The largest absolute Gasteiger partial charge is 0.497 e. The van der Waals surface area contributed by atoms with Crippen molar-refractivity contribution < 1.29 is 33.8 Å². The Kier molecular flexibility index (Phi) is 8.08. The average molecular weight is 522 g/mol. The van der Waals surface area contributed by atoms with Crippen molar-refractivity contribution in [3.63, 3.8) is 0 Å². The summed E-state index contributed by atoms with van der Waals surface area (Å²) in [6, 6.07) is 6.39. The van der Waals surface area contributed by atoms with E-state index in [4.69, 9.17) is 9.47 Å². The topological polar surface area (TPSA) is 150 Å². The number of carbonyl (C=O) groups excluding carboxylic acids is 4. The molecule has 3 heterocycles. The van der Waals surface area contributed by atoms with Crippen LogP contribution in [0.2, 0.25) is 0 Å². The van der Waals surface area contributed by atoms with Crippen LogP contribution >= 0.6 is 0 Å². The summed E-state index contributed by atoms with van der Waals surface area (Å²) in [5.74, 6) is 6.58. The van der Waals surface area contributed by atoms with E-state index in [1.54, 1.807) is 30.3 Å². The lowest BCUT2D eigenvalue weighted by molar-refractivity contribution is -0.117. The van der Waals surface area contributed by atoms with Gasteiger partial charge in [-0.3, -0.25) is 24.6 Å². The number of aliphatic hydroxyl groups excluding tert-OH is 1. The molecule has 1 aromatic carbocycles. The van der Waals surface area contributed by atoms with Crippen molar-refractivity contribution in [1.29, 1.82) is 0 Å². The molecular weight excluding hydrogens is 494 g/mol. The van der Waals surface area contributed by atoms with Gasteiger partial charge in [-0.25, -0.2) is 9.78 Å². The first-order chi connectivity index (χ1) is 18.4. The number of methoxy groups -OCH3 is 2. The number of nitrogens with one attached hydrogen (secondary N) is 2. The molecule has 12 heteroatoms. The quantitative estimate of drug-likeness (QED) is 0.334. The molecule has 2 atom stereocenters. The number of anilines is 1. The van der Waals surface area contributed by atoms with Gasteiger partial charge in [0.15, 0.2) is 11.4 Å². The molecular formula is C26H27N5O7. The number of amides is 5. The van der Waals surface area contributed by atoms with Crippen molar-refractivity contribution in [1.82, 2.24) is 20.5 Å². The van der Waals surface area contributed by atoms with Crippen LogP contribution in [-0.4, -0.2) is 78.7 Å². The van der Waals surface area contributed by atoms with E-state index in [-0.39, 0.29) is 43.1 Å². The lowest BCUT2D eigenvalue weighted by Gasteiger charge is -2.22. The van der Waals surface area contributed by atoms with Gasteiger partial charge in [0.2, 0.25) is 12.3 Å². The minimum Gasteiger partial charge on any atom is -0.497 e. The van der Waals surface area contributed by atoms with E-state index in [1.807, 2.05) is 5.32 Å². The van der Waals surface area contributed by atoms with Crippen LogP contribution in [0.25, 0.3) is 0 Å². The summed E-state index contributed by atoms with van der Waals surface area (Å²) >= 11 is 0. The molecule has 0 spiro atoms. The van der Waals surface area contributed by atoms with Gasteiger partial charge in [-0.05, 0) is 42.2 Å². The number of benzene rings is 1. The SMILES string of the molecule is COc1ccc2c(c1)C(=O)N(C[C@@H](C#Cc1nc(N3C(=O)CC[C@@H]3CO)ccc1OC)NC(=O)NC=O)C2. The van der Waals surface area contributed by atoms with Gasteiger partial charge in [-0.2, -0.15) is 0 Å². The number of imide groups is 1. The molecule has 4 rings (SSSR count). The maximum atomic E-state index is 13.0. The van der Waals surface area contributed by atoms with Gasteiger partial charge >= 0.3 is 6.03 Å². The van der Waals surface area contributed by atoms with Crippen LogP contribution in [-0.2, 0) is 16.1 Å². The number of rotatable bonds is 8. The molecule has 12 nitrogen and oxygen atoms in total. The van der Waals surface area contributed by atoms with Crippen LogP contribution < -0.4 is 25.0 Å². The average Bonchev–Trinajstić information content (AvgIpc) is 3.45. The monoisotopic (exact) mass is 521 g/mol. The molecule has 0 saturated carbocycles. The van der Waals surface area contributed by atoms with Crippen molar-refractivity contribution in [2.45, 2.75) is 31.5 Å².